The number of aromatic nitrogens is 1. The third kappa shape index (κ3) is 2.91. The topological polar surface area (TPSA) is 86.4 Å². The Labute approximate surface area is 144 Å². The lowest BCUT2D eigenvalue weighted by Crippen LogP contribution is -2.11. The number of aryl methyl sites for hydroxylation is 1. The molecular formula is C18H17N3O4. The highest BCUT2D eigenvalue weighted by Crippen LogP contribution is 2.35. The number of nitro groups is 1. The molecule has 0 aliphatic carbocycles. The van der Waals surface area contributed by atoms with Gasteiger partial charge >= 0.3 is 0 Å². The van der Waals surface area contributed by atoms with Gasteiger partial charge in [-0.05, 0) is 42.8 Å². The van der Waals surface area contributed by atoms with Gasteiger partial charge in [0.1, 0.15) is 11.6 Å². The largest absolute Gasteiger partial charge is 0.497 e. The van der Waals surface area contributed by atoms with E-state index in [1.807, 2.05) is 29.7 Å². The summed E-state index contributed by atoms with van der Waals surface area (Å²) in [5.74, 6) is 1.15. The number of hydrogen-bond acceptors (Lipinski definition) is 4. The number of methoxy groups -OCH3 is 1. The van der Waals surface area contributed by atoms with E-state index in [9.17, 15) is 14.9 Å². The molecule has 3 aromatic rings. The third-order valence-electron chi connectivity index (χ3n) is 4.04. The fourth-order valence-corrected chi connectivity index (χ4v) is 2.86. The predicted octanol–water partition coefficient (Wildman–Crippen LogP) is 3.81. The standard InChI is InChI=1S/C18H17N3O4/c1-11-16-10-15(25-3)8-9-17(16)20(18(11)19-12(2)22)13-4-6-14(7-5-13)21(23)24/h4-10H,1-3H3,(H,19,22). The highest BCUT2D eigenvalue weighted by molar-refractivity contribution is 5.98. The zero-order valence-electron chi connectivity index (χ0n) is 14.1. The number of carbonyl (C=O) groups is 1. The maximum absolute atomic E-state index is 11.7. The van der Waals surface area contributed by atoms with Gasteiger partial charge < -0.3 is 10.1 Å². The molecule has 3 rings (SSSR count). The Balaban J connectivity index is 2.27. The van der Waals surface area contributed by atoms with E-state index in [0.29, 0.717) is 11.6 Å². The summed E-state index contributed by atoms with van der Waals surface area (Å²) in [6.07, 6.45) is 0. The van der Waals surface area contributed by atoms with Gasteiger partial charge in [0.25, 0.3) is 5.69 Å². The van der Waals surface area contributed by atoms with Gasteiger partial charge in [0.05, 0.1) is 17.5 Å². The first-order valence-electron chi connectivity index (χ1n) is 7.64. The molecule has 0 bridgehead atoms. The van der Waals surface area contributed by atoms with E-state index in [1.54, 1.807) is 19.2 Å². The average Bonchev–Trinajstić information content (AvgIpc) is 2.86. The number of fused-ring (bicyclic) bond motifs is 1. The first kappa shape index (κ1) is 16.5. The summed E-state index contributed by atoms with van der Waals surface area (Å²) in [6, 6.07) is 11.8. The van der Waals surface area contributed by atoms with Crippen molar-refractivity contribution in [3.63, 3.8) is 0 Å². The fraction of sp³-hybridized carbons (Fsp3) is 0.167. The maximum atomic E-state index is 11.7. The summed E-state index contributed by atoms with van der Waals surface area (Å²) in [4.78, 5) is 22.1. The zero-order valence-corrected chi connectivity index (χ0v) is 14.1. The number of hydrogen-bond donors (Lipinski definition) is 1. The Morgan fingerprint density at radius 3 is 2.44 bits per heavy atom. The molecule has 2 aromatic carbocycles. The highest BCUT2D eigenvalue weighted by atomic mass is 16.6. The van der Waals surface area contributed by atoms with Crippen molar-refractivity contribution in [1.82, 2.24) is 4.57 Å². The molecule has 1 amide bonds. The van der Waals surface area contributed by atoms with Crippen LogP contribution in [0.1, 0.15) is 12.5 Å². The number of rotatable bonds is 4. The number of amides is 1. The van der Waals surface area contributed by atoms with Crippen LogP contribution in [0, 0.1) is 17.0 Å². The lowest BCUT2D eigenvalue weighted by molar-refractivity contribution is -0.384. The van der Waals surface area contributed by atoms with Crippen LogP contribution >= 0.6 is 0 Å². The van der Waals surface area contributed by atoms with Crippen LogP contribution in [0.5, 0.6) is 5.75 Å². The van der Waals surface area contributed by atoms with E-state index in [2.05, 4.69) is 5.32 Å². The molecule has 0 spiro atoms. The smallest absolute Gasteiger partial charge is 0.269 e. The molecule has 0 aliphatic heterocycles. The number of benzene rings is 2. The second-order valence-electron chi connectivity index (χ2n) is 5.65. The first-order chi connectivity index (χ1) is 11.9. The van der Waals surface area contributed by atoms with Crippen molar-refractivity contribution in [2.24, 2.45) is 0 Å². The number of non-ortho nitro benzene ring substituents is 1. The Morgan fingerprint density at radius 1 is 1.20 bits per heavy atom. The number of ether oxygens (including phenoxy) is 1. The van der Waals surface area contributed by atoms with E-state index >= 15 is 0 Å². The molecule has 0 unspecified atom stereocenters. The van der Waals surface area contributed by atoms with E-state index in [1.165, 1.54) is 19.1 Å². The Hall–Kier alpha value is -3.35. The van der Waals surface area contributed by atoms with Crippen LogP contribution in [-0.4, -0.2) is 22.5 Å². The summed E-state index contributed by atoms with van der Waals surface area (Å²) in [5, 5.41) is 14.7. The number of anilines is 1. The van der Waals surface area contributed by atoms with Crippen molar-refractivity contribution in [3.05, 3.63) is 58.1 Å². The average molecular weight is 339 g/mol. The summed E-state index contributed by atoms with van der Waals surface area (Å²) < 4.78 is 7.15. The van der Waals surface area contributed by atoms with Crippen molar-refractivity contribution < 1.29 is 14.5 Å². The molecule has 0 fully saturated rings. The number of nitro benzene ring substituents is 1. The summed E-state index contributed by atoms with van der Waals surface area (Å²) in [5.41, 5.74) is 2.50. The SMILES string of the molecule is COc1ccc2c(c1)c(C)c(NC(C)=O)n2-c1ccc([N+](=O)[O-])cc1. The molecule has 1 N–H and O–H groups in total. The molecule has 0 saturated heterocycles. The molecule has 7 nitrogen and oxygen atoms in total. The summed E-state index contributed by atoms with van der Waals surface area (Å²) in [6.45, 7) is 3.35. The second kappa shape index (κ2) is 6.27. The summed E-state index contributed by atoms with van der Waals surface area (Å²) in [7, 11) is 1.60. The van der Waals surface area contributed by atoms with Crippen LogP contribution in [-0.2, 0) is 4.79 Å². The minimum absolute atomic E-state index is 0.0136. The van der Waals surface area contributed by atoms with Crippen LogP contribution in [0.4, 0.5) is 11.5 Å². The third-order valence-corrected chi connectivity index (χ3v) is 4.04. The van der Waals surface area contributed by atoms with Crippen molar-refractivity contribution in [2.75, 3.05) is 12.4 Å². The van der Waals surface area contributed by atoms with Gasteiger partial charge in [-0.3, -0.25) is 19.5 Å². The van der Waals surface area contributed by atoms with E-state index in [-0.39, 0.29) is 11.6 Å². The van der Waals surface area contributed by atoms with Crippen LogP contribution in [0.2, 0.25) is 0 Å². The molecule has 0 saturated carbocycles. The molecule has 0 atom stereocenters. The molecule has 1 aromatic heterocycles. The van der Waals surface area contributed by atoms with Gasteiger partial charge in [0, 0.05) is 30.1 Å². The van der Waals surface area contributed by atoms with Gasteiger partial charge in [0.15, 0.2) is 0 Å². The minimum atomic E-state index is -0.442. The van der Waals surface area contributed by atoms with Gasteiger partial charge in [-0.15, -0.1) is 0 Å². The molecule has 1 heterocycles. The normalized spacial score (nSPS) is 10.7. The van der Waals surface area contributed by atoms with Gasteiger partial charge in [-0.25, -0.2) is 0 Å². The monoisotopic (exact) mass is 339 g/mol. The minimum Gasteiger partial charge on any atom is -0.497 e. The lowest BCUT2D eigenvalue weighted by atomic mass is 10.2. The van der Waals surface area contributed by atoms with Crippen LogP contribution < -0.4 is 10.1 Å². The van der Waals surface area contributed by atoms with Crippen molar-refractivity contribution in [1.29, 1.82) is 0 Å². The zero-order chi connectivity index (χ0) is 18.1. The molecule has 7 heteroatoms. The number of nitrogens with one attached hydrogen (secondary N) is 1. The Bertz CT molecular complexity index is 974. The van der Waals surface area contributed by atoms with E-state index < -0.39 is 4.92 Å². The van der Waals surface area contributed by atoms with Gasteiger partial charge in [-0.2, -0.15) is 0 Å². The highest BCUT2D eigenvalue weighted by Gasteiger charge is 2.18. The van der Waals surface area contributed by atoms with Crippen molar-refractivity contribution in [3.8, 4) is 11.4 Å². The molecule has 128 valence electrons. The summed E-state index contributed by atoms with van der Waals surface area (Å²) >= 11 is 0. The van der Waals surface area contributed by atoms with E-state index in [4.69, 9.17) is 4.74 Å². The predicted molar refractivity (Wildman–Crippen MR) is 95.5 cm³/mol. The Kier molecular flexibility index (Phi) is 4.14. The van der Waals surface area contributed by atoms with Crippen molar-refractivity contribution in [2.45, 2.75) is 13.8 Å². The van der Waals surface area contributed by atoms with E-state index in [0.717, 1.165) is 22.2 Å². The quantitative estimate of drug-likeness (QED) is 0.578. The first-order valence-corrected chi connectivity index (χ1v) is 7.64. The molecule has 25 heavy (non-hydrogen) atoms. The van der Waals surface area contributed by atoms with Crippen LogP contribution in [0.15, 0.2) is 42.5 Å². The van der Waals surface area contributed by atoms with Gasteiger partial charge in [-0.1, -0.05) is 0 Å². The number of nitrogens with zero attached hydrogens (tertiary/aromatic N) is 2. The molecule has 0 aliphatic rings. The lowest BCUT2D eigenvalue weighted by Gasteiger charge is -2.12. The second-order valence-corrected chi connectivity index (χ2v) is 5.65. The maximum Gasteiger partial charge on any atom is 0.269 e. The molecule has 0 radical (unpaired) electrons. The Morgan fingerprint density at radius 2 is 1.88 bits per heavy atom. The van der Waals surface area contributed by atoms with Crippen LogP contribution in [0.25, 0.3) is 16.6 Å². The van der Waals surface area contributed by atoms with Crippen molar-refractivity contribution >= 4 is 28.3 Å². The fourth-order valence-electron chi connectivity index (χ4n) is 2.86. The number of carbonyl (C=O) groups excluding carboxylic acids is 1. The van der Waals surface area contributed by atoms with Crippen LogP contribution in [0.3, 0.4) is 0 Å². The molecular weight excluding hydrogens is 322 g/mol. The van der Waals surface area contributed by atoms with Gasteiger partial charge in [0.2, 0.25) is 5.91 Å².